The van der Waals surface area contributed by atoms with Gasteiger partial charge in [-0.25, -0.2) is 9.78 Å². The first kappa shape index (κ1) is 24.5. The second-order valence-electron chi connectivity index (χ2n) is 9.66. The number of aryl methyl sites for hydroxylation is 2. The van der Waals surface area contributed by atoms with E-state index in [-0.39, 0.29) is 12.1 Å². The van der Waals surface area contributed by atoms with E-state index in [0.717, 1.165) is 72.9 Å². The van der Waals surface area contributed by atoms with Crippen LogP contribution in [0.15, 0.2) is 30.3 Å². The van der Waals surface area contributed by atoms with Crippen LogP contribution >= 0.6 is 0 Å². The molecule has 2 aliphatic rings. The van der Waals surface area contributed by atoms with Crippen LogP contribution in [-0.2, 0) is 11.2 Å². The largest absolute Gasteiger partial charge is 0.393 e. The number of aliphatic hydroxyl groups excluding tert-OH is 1. The number of nitrogens with one attached hydrogen (secondary N) is 1. The summed E-state index contributed by atoms with van der Waals surface area (Å²) in [5.74, 6) is 1.55. The van der Waals surface area contributed by atoms with Crippen LogP contribution in [0, 0.1) is 12.8 Å². The number of aromatic nitrogens is 1. The van der Waals surface area contributed by atoms with Crippen molar-refractivity contribution in [3.8, 4) is 11.1 Å². The van der Waals surface area contributed by atoms with Gasteiger partial charge in [-0.05, 0) is 80.0 Å². The van der Waals surface area contributed by atoms with Crippen molar-refractivity contribution in [2.75, 3.05) is 49.6 Å². The first-order valence-corrected chi connectivity index (χ1v) is 12.6. The van der Waals surface area contributed by atoms with Gasteiger partial charge in [0, 0.05) is 37.6 Å². The van der Waals surface area contributed by atoms with Gasteiger partial charge >= 0.3 is 6.03 Å². The van der Waals surface area contributed by atoms with Gasteiger partial charge in [-0.3, -0.25) is 0 Å². The zero-order chi connectivity index (χ0) is 24.1. The third-order valence-corrected chi connectivity index (χ3v) is 6.97. The Kier molecular flexibility index (Phi) is 8.06. The fourth-order valence-corrected chi connectivity index (χ4v) is 4.73. The van der Waals surface area contributed by atoms with E-state index in [1.165, 1.54) is 0 Å². The van der Waals surface area contributed by atoms with Crippen LogP contribution in [0.1, 0.15) is 44.4 Å². The molecule has 2 saturated heterocycles. The highest BCUT2D eigenvalue weighted by atomic mass is 16.5. The molecule has 0 aliphatic carbocycles. The monoisotopic (exact) mass is 466 g/mol. The van der Waals surface area contributed by atoms with Crippen LogP contribution in [0.5, 0.6) is 0 Å². The number of morpholine rings is 1. The fraction of sp³-hybridized carbons (Fsp3) is 0.556. The molecule has 0 spiro atoms. The Balaban J connectivity index is 1.60. The summed E-state index contributed by atoms with van der Waals surface area (Å²) < 4.78 is 5.53. The van der Waals surface area contributed by atoms with E-state index in [0.29, 0.717) is 32.0 Å². The normalized spacial score (nSPS) is 19.4. The van der Waals surface area contributed by atoms with Gasteiger partial charge in [-0.2, -0.15) is 0 Å². The van der Waals surface area contributed by atoms with Gasteiger partial charge in [-0.15, -0.1) is 0 Å². The Morgan fingerprint density at radius 3 is 2.74 bits per heavy atom. The summed E-state index contributed by atoms with van der Waals surface area (Å²) in [5.41, 5.74) is 5.09. The Bertz CT molecular complexity index is 988. The zero-order valence-corrected chi connectivity index (χ0v) is 20.7. The predicted octanol–water partition coefficient (Wildman–Crippen LogP) is 4.47. The van der Waals surface area contributed by atoms with Crippen molar-refractivity contribution in [1.29, 1.82) is 0 Å². The summed E-state index contributed by atoms with van der Waals surface area (Å²) in [6.45, 7) is 10.8. The molecule has 2 atom stereocenters. The number of nitrogens with zero attached hydrogens (tertiary/aromatic N) is 3. The molecule has 0 unspecified atom stereocenters. The second kappa shape index (κ2) is 11.2. The van der Waals surface area contributed by atoms with E-state index in [9.17, 15) is 9.90 Å². The predicted molar refractivity (Wildman–Crippen MR) is 136 cm³/mol. The molecule has 1 aromatic carbocycles. The average molecular weight is 467 g/mol. The van der Waals surface area contributed by atoms with Crippen LogP contribution in [0.25, 0.3) is 11.1 Å². The molecule has 7 nitrogen and oxygen atoms in total. The summed E-state index contributed by atoms with van der Waals surface area (Å²) >= 11 is 0. The maximum atomic E-state index is 12.8. The fourth-order valence-electron chi connectivity index (χ4n) is 4.73. The van der Waals surface area contributed by atoms with Crippen LogP contribution in [-0.4, -0.2) is 66.5 Å². The third kappa shape index (κ3) is 6.07. The van der Waals surface area contributed by atoms with Crippen LogP contribution in [0.4, 0.5) is 16.3 Å². The van der Waals surface area contributed by atoms with E-state index >= 15 is 0 Å². The molecule has 34 heavy (non-hydrogen) atoms. The van der Waals surface area contributed by atoms with E-state index < -0.39 is 0 Å². The number of urea groups is 1. The topological polar surface area (TPSA) is 77.9 Å². The highest BCUT2D eigenvalue weighted by Crippen LogP contribution is 2.31. The van der Waals surface area contributed by atoms with Crippen molar-refractivity contribution < 1.29 is 14.6 Å². The molecule has 4 rings (SSSR count). The van der Waals surface area contributed by atoms with Gasteiger partial charge in [0.15, 0.2) is 0 Å². The van der Waals surface area contributed by atoms with E-state index in [1.807, 2.05) is 17.9 Å². The lowest BCUT2D eigenvalue weighted by atomic mass is 9.98. The minimum Gasteiger partial charge on any atom is -0.393 e. The van der Waals surface area contributed by atoms with Crippen molar-refractivity contribution in [2.45, 2.75) is 52.6 Å². The number of aliphatic hydroxyl groups is 1. The number of amides is 2. The van der Waals surface area contributed by atoms with Crippen molar-refractivity contribution in [3.05, 3.63) is 41.6 Å². The Morgan fingerprint density at radius 1 is 1.24 bits per heavy atom. The number of hydrogen-bond acceptors (Lipinski definition) is 5. The first-order valence-electron chi connectivity index (χ1n) is 12.6. The number of pyridine rings is 1. The quantitative estimate of drug-likeness (QED) is 0.630. The van der Waals surface area contributed by atoms with Crippen molar-refractivity contribution in [3.63, 3.8) is 0 Å². The zero-order valence-electron chi connectivity index (χ0n) is 20.7. The molecular weight excluding hydrogens is 428 g/mol. The molecule has 2 amide bonds. The second-order valence-corrected chi connectivity index (χ2v) is 9.66. The standard InChI is InChI=1S/C27H38N4O3/c1-4-21-9-10-31(18-21)27(33)29-24-7-5-19(2)25(17-24)22-15-23(8-6-20(3)32)28-26(16-22)30-11-13-34-14-12-30/h5,7,15-17,20-21,32H,4,6,8-14,18H2,1-3H3,(H,29,33)/t20-,21-/m1/s1. The molecule has 0 bridgehead atoms. The molecule has 0 radical (unpaired) electrons. The van der Waals surface area contributed by atoms with Gasteiger partial charge in [0.1, 0.15) is 5.82 Å². The van der Waals surface area contributed by atoms with Gasteiger partial charge in [-0.1, -0.05) is 19.4 Å². The van der Waals surface area contributed by atoms with Gasteiger partial charge < -0.3 is 25.0 Å². The number of hydrogen-bond donors (Lipinski definition) is 2. The molecule has 2 aliphatic heterocycles. The number of carbonyl (C=O) groups is 1. The lowest BCUT2D eigenvalue weighted by Crippen LogP contribution is -2.36. The molecule has 2 N–H and O–H groups in total. The maximum absolute atomic E-state index is 12.8. The number of rotatable bonds is 7. The molecule has 1 aromatic heterocycles. The summed E-state index contributed by atoms with van der Waals surface area (Å²) in [6, 6.07) is 10.3. The molecule has 184 valence electrons. The van der Waals surface area contributed by atoms with Crippen molar-refractivity contribution in [2.24, 2.45) is 5.92 Å². The minimum atomic E-state index is -0.365. The lowest BCUT2D eigenvalue weighted by molar-refractivity contribution is 0.122. The first-order chi connectivity index (χ1) is 16.4. The lowest BCUT2D eigenvalue weighted by Gasteiger charge is -2.28. The van der Waals surface area contributed by atoms with E-state index in [4.69, 9.17) is 9.72 Å². The van der Waals surface area contributed by atoms with E-state index in [2.05, 4.69) is 48.3 Å². The number of carbonyl (C=O) groups excluding carboxylic acids is 1. The SMILES string of the molecule is CC[C@@H]1CCN(C(=O)Nc2ccc(C)c(-c3cc(CC[C@@H](C)O)nc(N4CCOCC4)c3)c2)C1. The molecule has 3 heterocycles. The molecule has 2 aromatic rings. The van der Waals surface area contributed by atoms with Crippen molar-refractivity contribution in [1.82, 2.24) is 9.88 Å². The summed E-state index contributed by atoms with van der Waals surface area (Å²) in [7, 11) is 0. The van der Waals surface area contributed by atoms with Crippen molar-refractivity contribution >= 4 is 17.5 Å². The van der Waals surface area contributed by atoms with Crippen LogP contribution in [0.2, 0.25) is 0 Å². The summed E-state index contributed by atoms with van der Waals surface area (Å²) in [4.78, 5) is 21.9. The van der Waals surface area contributed by atoms with Gasteiger partial charge in [0.2, 0.25) is 0 Å². The number of benzene rings is 1. The molecule has 0 saturated carbocycles. The number of likely N-dealkylation sites (tertiary alicyclic amines) is 1. The molecule has 2 fully saturated rings. The van der Waals surface area contributed by atoms with Crippen LogP contribution < -0.4 is 10.2 Å². The summed E-state index contributed by atoms with van der Waals surface area (Å²) in [5, 5.41) is 12.9. The van der Waals surface area contributed by atoms with Gasteiger partial charge in [0.25, 0.3) is 0 Å². The smallest absolute Gasteiger partial charge is 0.321 e. The Morgan fingerprint density at radius 2 is 2.03 bits per heavy atom. The van der Waals surface area contributed by atoms with Crippen LogP contribution in [0.3, 0.4) is 0 Å². The number of ether oxygens (including phenoxy) is 1. The Hall–Kier alpha value is -2.64. The number of anilines is 2. The summed E-state index contributed by atoms with van der Waals surface area (Å²) in [6.07, 6.45) is 3.22. The minimum absolute atomic E-state index is 0.0212. The van der Waals surface area contributed by atoms with Gasteiger partial charge in [0.05, 0.1) is 19.3 Å². The third-order valence-electron chi connectivity index (χ3n) is 6.97. The molecule has 7 heteroatoms. The highest BCUT2D eigenvalue weighted by Gasteiger charge is 2.25. The Labute approximate surface area is 203 Å². The van der Waals surface area contributed by atoms with E-state index in [1.54, 1.807) is 0 Å². The highest BCUT2D eigenvalue weighted by molar-refractivity contribution is 5.90. The average Bonchev–Trinajstić information content (AvgIpc) is 3.34. The molecular formula is C27H38N4O3. The maximum Gasteiger partial charge on any atom is 0.321 e.